The predicted molar refractivity (Wildman–Crippen MR) is 93.3 cm³/mol. The first kappa shape index (κ1) is 22.4. The molecule has 5 nitrogen and oxygen atoms in total. The molecular weight excluding hydrogens is 306 g/mol. The van der Waals surface area contributed by atoms with Gasteiger partial charge in [0.25, 0.3) is 0 Å². The van der Waals surface area contributed by atoms with Crippen LogP contribution in [0.1, 0.15) is 68.2 Å². The Bertz CT molecular complexity index is 516. The van der Waals surface area contributed by atoms with E-state index in [2.05, 4.69) is 0 Å². The Hall–Kier alpha value is -1.57. The molecule has 138 valence electrons. The molecule has 0 aliphatic heterocycles. The van der Waals surface area contributed by atoms with Crippen molar-refractivity contribution in [1.82, 2.24) is 0 Å². The molecule has 0 radical (unpaired) electrons. The van der Waals surface area contributed by atoms with E-state index in [1.54, 1.807) is 27.7 Å². The Morgan fingerprint density at radius 2 is 1.33 bits per heavy atom. The van der Waals surface area contributed by atoms with Crippen LogP contribution in [0.15, 0.2) is 0 Å². The van der Waals surface area contributed by atoms with Gasteiger partial charge in [-0.15, -0.1) is 0 Å². The van der Waals surface area contributed by atoms with Crippen LogP contribution in [0.2, 0.25) is 0 Å². The van der Waals surface area contributed by atoms with Crippen LogP contribution >= 0.6 is 0 Å². The van der Waals surface area contributed by atoms with Crippen molar-refractivity contribution in [3.8, 4) is 6.07 Å². The second kappa shape index (κ2) is 7.55. The number of hydrogen-bond acceptors (Lipinski definition) is 3. The second-order valence-electron chi connectivity index (χ2n) is 8.67. The van der Waals surface area contributed by atoms with E-state index in [-0.39, 0.29) is 18.3 Å². The van der Waals surface area contributed by atoms with E-state index in [0.717, 1.165) is 0 Å². The first-order chi connectivity index (χ1) is 10.7. The number of nitriles is 1. The lowest BCUT2D eigenvalue weighted by molar-refractivity contribution is -0.191. The molecule has 2 N–H and O–H groups in total. The van der Waals surface area contributed by atoms with Crippen LogP contribution in [0.5, 0.6) is 0 Å². The van der Waals surface area contributed by atoms with Gasteiger partial charge < -0.3 is 10.2 Å². The number of carboxylic acid groups (broad SMARTS) is 2. The summed E-state index contributed by atoms with van der Waals surface area (Å²) in [5, 5.41) is 30.2. The van der Waals surface area contributed by atoms with E-state index in [1.165, 1.54) is 0 Å². The van der Waals surface area contributed by atoms with E-state index in [0.29, 0.717) is 6.42 Å². The van der Waals surface area contributed by atoms with Crippen molar-refractivity contribution in [1.29, 1.82) is 5.26 Å². The number of carboxylic acids is 2. The molecule has 0 heterocycles. The van der Waals surface area contributed by atoms with E-state index >= 15 is 0 Å². The van der Waals surface area contributed by atoms with Gasteiger partial charge in [0.2, 0.25) is 0 Å². The second-order valence-corrected chi connectivity index (χ2v) is 8.67. The minimum absolute atomic E-state index is 0.0571. The summed E-state index contributed by atoms with van der Waals surface area (Å²) in [5.41, 5.74) is -4.55. The van der Waals surface area contributed by atoms with Crippen LogP contribution in [-0.2, 0) is 9.59 Å². The number of nitrogens with zero attached hydrogens (tertiary/aromatic N) is 1. The maximum absolute atomic E-state index is 12.6. The van der Waals surface area contributed by atoms with Crippen molar-refractivity contribution in [3.63, 3.8) is 0 Å². The fourth-order valence-electron chi connectivity index (χ4n) is 4.52. The highest BCUT2D eigenvalue weighted by molar-refractivity contribution is 5.90. The number of aliphatic carboxylic acids is 2. The van der Waals surface area contributed by atoms with Crippen LogP contribution < -0.4 is 0 Å². The molecule has 0 amide bonds. The SMILES string of the molecule is CC(C)CC(C)(C)C(CC(C)C)(C(=O)O)C(C#N)(C(=O)O)C(C)C. The minimum atomic E-state index is -2.00. The van der Waals surface area contributed by atoms with Gasteiger partial charge in [-0.1, -0.05) is 55.4 Å². The van der Waals surface area contributed by atoms with E-state index in [9.17, 15) is 25.1 Å². The fraction of sp³-hybridized carbons (Fsp3) is 0.842. The third-order valence-corrected chi connectivity index (χ3v) is 5.21. The molecule has 5 heteroatoms. The van der Waals surface area contributed by atoms with Crippen molar-refractivity contribution in [2.24, 2.45) is 34.0 Å². The Balaban J connectivity index is 6.99. The van der Waals surface area contributed by atoms with Crippen LogP contribution in [0.4, 0.5) is 0 Å². The first-order valence-electron chi connectivity index (χ1n) is 8.61. The average Bonchev–Trinajstić information content (AvgIpc) is 2.34. The zero-order valence-corrected chi connectivity index (χ0v) is 16.3. The normalized spacial score (nSPS) is 17.4. The Labute approximate surface area is 146 Å². The summed E-state index contributed by atoms with van der Waals surface area (Å²) in [7, 11) is 0. The zero-order chi connectivity index (χ0) is 19.5. The summed E-state index contributed by atoms with van der Waals surface area (Å²) >= 11 is 0. The smallest absolute Gasteiger partial charge is 0.325 e. The predicted octanol–water partition coefficient (Wildman–Crippen LogP) is 4.43. The summed E-state index contributed by atoms with van der Waals surface area (Å²) in [6.45, 7) is 14.5. The molecule has 0 aliphatic carbocycles. The molecule has 0 saturated carbocycles. The first-order valence-corrected chi connectivity index (χ1v) is 8.61. The molecule has 0 saturated heterocycles. The van der Waals surface area contributed by atoms with Gasteiger partial charge in [-0.2, -0.15) is 5.26 Å². The number of rotatable bonds is 9. The van der Waals surface area contributed by atoms with Gasteiger partial charge in [-0.3, -0.25) is 9.59 Å². The molecular formula is C19H33NO4. The maximum Gasteiger partial charge on any atom is 0.325 e. The third-order valence-electron chi connectivity index (χ3n) is 5.21. The largest absolute Gasteiger partial charge is 0.481 e. The number of carbonyl (C=O) groups is 2. The highest BCUT2D eigenvalue weighted by Crippen LogP contribution is 2.61. The standard InChI is InChI=1S/C19H33NO4/c1-12(2)9-17(7,8)19(16(23)24,10-13(3)4)18(11-20,14(5)6)15(21)22/h12-14H,9-10H2,1-8H3,(H,21,22)(H,23,24). The van der Waals surface area contributed by atoms with Gasteiger partial charge in [0.05, 0.1) is 6.07 Å². The molecule has 0 aromatic heterocycles. The third kappa shape index (κ3) is 3.43. The lowest BCUT2D eigenvalue weighted by atomic mass is 9.45. The van der Waals surface area contributed by atoms with Crippen molar-refractivity contribution in [2.45, 2.75) is 68.2 Å². The summed E-state index contributed by atoms with van der Waals surface area (Å²) in [6.07, 6.45) is 0.662. The molecule has 0 fully saturated rings. The lowest BCUT2D eigenvalue weighted by Gasteiger charge is -2.53. The van der Waals surface area contributed by atoms with Gasteiger partial charge in [0.15, 0.2) is 5.41 Å². The van der Waals surface area contributed by atoms with Gasteiger partial charge in [0.1, 0.15) is 5.41 Å². The molecule has 0 spiro atoms. The molecule has 0 rings (SSSR count). The zero-order valence-electron chi connectivity index (χ0n) is 16.3. The fourth-order valence-corrected chi connectivity index (χ4v) is 4.52. The average molecular weight is 339 g/mol. The summed E-state index contributed by atoms with van der Waals surface area (Å²) < 4.78 is 0. The maximum atomic E-state index is 12.6. The van der Waals surface area contributed by atoms with Crippen molar-refractivity contribution in [2.75, 3.05) is 0 Å². The van der Waals surface area contributed by atoms with Gasteiger partial charge >= 0.3 is 11.9 Å². The quantitative estimate of drug-likeness (QED) is 0.647. The molecule has 0 aromatic rings. The molecule has 0 aliphatic rings. The van der Waals surface area contributed by atoms with E-state index < -0.39 is 34.1 Å². The van der Waals surface area contributed by atoms with Crippen LogP contribution in [0, 0.1) is 45.3 Å². The summed E-state index contributed by atoms with van der Waals surface area (Å²) in [4.78, 5) is 24.9. The van der Waals surface area contributed by atoms with Crippen LogP contribution in [-0.4, -0.2) is 22.2 Å². The number of hydrogen-bond donors (Lipinski definition) is 2. The minimum Gasteiger partial charge on any atom is -0.481 e. The van der Waals surface area contributed by atoms with Gasteiger partial charge in [0, 0.05) is 0 Å². The van der Waals surface area contributed by atoms with Gasteiger partial charge in [-0.05, 0) is 36.0 Å². The lowest BCUT2D eigenvalue weighted by Crippen LogP contribution is -2.62. The molecule has 0 bridgehead atoms. The summed E-state index contributed by atoms with van der Waals surface area (Å²) in [5.74, 6) is -3.05. The molecule has 0 aromatic carbocycles. The van der Waals surface area contributed by atoms with Crippen LogP contribution in [0.25, 0.3) is 0 Å². The van der Waals surface area contributed by atoms with Crippen LogP contribution in [0.3, 0.4) is 0 Å². The summed E-state index contributed by atoms with van der Waals surface area (Å²) in [6, 6.07) is 1.94. The Kier molecular flexibility index (Phi) is 7.05. The van der Waals surface area contributed by atoms with Crippen molar-refractivity contribution >= 4 is 11.9 Å². The Morgan fingerprint density at radius 3 is 1.54 bits per heavy atom. The van der Waals surface area contributed by atoms with Crippen molar-refractivity contribution < 1.29 is 19.8 Å². The topological polar surface area (TPSA) is 98.4 Å². The highest BCUT2D eigenvalue weighted by atomic mass is 16.4. The monoisotopic (exact) mass is 339 g/mol. The van der Waals surface area contributed by atoms with Gasteiger partial charge in [-0.25, -0.2) is 0 Å². The Morgan fingerprint density at radius 1 is 0.917 bits per heavy atom. The highest BCUT2D eigenvalue weighted by Gasteiger charge is 2.69. The molecule has 2 unspecified atom stereocenters. The van der Waals surface area contributed by atoms with Crippen molar-refractivity contribution in [3.05, 3.63) is 0 Å². The van der Waals surface area contributed by atoms with E-state index in [4.69, 9.17) is 0 Å². The van der Waals surface area contributed by atoms with E-state index in [1.807, 2.05) is 33.8 Å². The molecule has 2 atom stereocenters. The molecule has 24 heavy (non-hydrogen) atoms.